The largest absolute Gasteiger partial charge is 0.364 e. The van der Waals surface area contributed by atoms with Crippen LogP contribution in [0.5, 0.6) is 0 Å². The Hall–Kier alpha value is -1.54. The van der Waals surface area contributed by atoms with Gasteiger partial charge in [0.25, 0.3) is 0 Å². The van der Waals surface area contributed by atoms with E-state index in [9.17, 15) is 0 Å². The van der Waals surface area contributed by atoms with E-state index >= 15 is 0 Å². The van der Waals surface area contributed by atoms with Crippen molar-refractivity contribution in [2.75, 3.05) is 20.1 Å². The van der Waals surface area contributed by atoms with Crippen LogP contribution in [0.1, 0.15) is 40.6 Å². The molecule has 4 rings (SSSR count). The molecule has 0 amide bonds. The summed E-state index contributed by atoms with van der Waals surface area (Å²) in [6, 6.07) is 11.1. The van der Waals surface area contributed by atoms with Gasteiger partial charge < -0.3 is 9.88 Å². The smallest absolute Gasteiger partial charge is 0.0229 e. The predicted molar refractivity (Wildman–Crippen MR) is 86.8 cm³/mol. The van der Waals surface area contributed by atoms with E-state index in [4.69, 9.17) is 0 Å². The molecule has 21 heavy (non-hydrogen) atoms. The third-order valence-electron chi connectivity index (χ3n) is 5.62. The number of H-pyrrole nitrogens is 1. The fraction of sp³-hybridized carbons (Fsp3) is 0.474. The molecule has 2 heteroatoms. The van der Waals surface area contributed by atoms with E-state index in [1.54, 1.807) is 5.56 Å². The van der Waals surface area contributed by atoms with Gasteiger partial charge in [0.2, 0.25) is 0 Å². The molecule has 1 aliphatic carbocycles. The molecule has 1 fully saturated rings. The number of rotatable bonds is 1. The summed E-state index contributed by atoms with van der Waals surface area (Å²) in [5.74, 6) is 2.13. The molecule has 2 aromatic rings. The van der Waals surface area contributed by atoms with Crippen LogP contribution in [-0.4, -0.2) is 30.0 Å². The number of piperidine rings is 1. The SMILES string of the molecule is Cc1c[nH]c2c1CCC1C(c3ccccc3)CN(C)CC21. The summed E-state index contributed by atoms with van der Waals surface area (Å²) in [6.45, 7) is 4.64. The van der Waals surface area contributed by atoms with Crippen LogP contribution in [0.3, 0.4) is 0 Å². The summed E-state index contributed by atoms with van der Waals surface area (Å²) < 4.78 is 0. The summed E-state index contributed by atoms with van der Waals surface area (Å²) in [7, 11) is 2.27. The minimum absolute atomic E-state index is 0.673. The van der Waals surface area contributed by atoms with Crippen molar-refractivity contribution in [2.45, 2.75) is 31.6 Å². The first-order valence-corrected chi connectivity index (χ1v) is 8.14. The summed E-state index contributed by atoms with van der Waals surface area (Å²) in [5, 5.41) is 0. The van der Waals surface area contributed by atoms with Gasteiger partial charge in [-0.3, -0.25) is 0 Å². The number of hydrogen-bond donors (Lipinski definition) is 1. The van der Waals surface area contributed by atoms with Crippen LogP contribution in [0.25, 0.3) is 0 Å². The molecule has 2 heterocycles. The van der Waals surface area contributed by atoms with Crippen LogP contribution in [-0.2, 0) is 6.42 Å². The number of likely N-dealkylation sites (tertiary alicyclic amines) is 1. The Kier molecular flexibility index (Phi) is 3.15. The lowest BCUT2D eigenvalue weighted by atomic mass is 9.67. The highest BCUT2D eigenvalue weighted by Crippen LogP contribution is 2.47. The fourth-order valence-corrected chi connectivity index (χ4v) is 4.60. The molecule has 1 aliphatic heterocycles. The Morgan fingerprint density at radius 2 is 1.86 bits per heavy atom. The molecule has 110 valence electrons. The maximum Gasteiger partial charge on any atom is 0.0229 e. The zero-order valence-corrected chi connectivity index (χ0v) is 13.0. The second kappa shape index (κ2) is 5.03. The van der Waals surface area contributed by atoms with Crippen LogP contribution >= 0.6 is 0 Å². The lowest BCUT2D eigenvalue weighted by Crippen LogP contribution is -2.44. The zero-order valence-electron chi connectivity index (χ0n) is 13.0. The van der Waals surface area contributed by atoms with Crippen LogP contribution < -0.4 is 0 Å². The molecule has 1 N–H and O–H groups in total. The van der Waals surface area contributed by atoms with Crippen molar-refractivity contribution in [1.29, 1.82) is 0 Å². The molecule has 2 aliphatic rings. The Bertz CT molecular complexity index is 628. The average molecular weight is 280 g/mol. The van der Waals surface area contributed by atoms with E-state index in [1.807, 2.05) is 0 Å². The van der Waals surface area contributed by atoms with Crippen molar-refractivity contribution in [3.05, 3.63) is 58.9 Å². The molecule has 0 bridgehead atoms. The number of aromatic nitrogens is 1. The first kappa shape index (κ1) is 13.1. The van der Waals surface area contributed by atoms with Crippen LogP contribution in [0.15, 0.2) is 36.5 Å². The highest BCUT2D eigenvalue weighted by atomic mass is 15.1. The van der Waals surface area contributed by atoms with Gasteiger partial charge in [0.05, 0.1) is 0 Å². The summed E-state index contributed by atoms with van der Waals surface area (Å²) in [5.41, 5.74) is 6.09. The third kappa shape index (κ3) is 2.13. The first-order chi connectivity index (χ1) is 10.2. The summed E-state index contributed by atoms with van der Waals surface area (Å²) in [6.07, 6.45) is 4.79. The molecular formula is C19H24N2. The summed E-state index contributed by atoms with van der Waals surface area (Å²) in [4.78, 5) is 6.11. The molecule has 3 unspecified atom stereocenters. The van der Waals surface area contributed by atoms with E-state index in [1.165, 1.54) is 42.8 Å². The zero-order chi connectivity index (χ0) is 14.4. The molecule has 2 nitrogen and oxygen atoms in total. The van der Waals surface area contributed by atoms with E-state index < -0.39 is 0 Å². The lowest BCUT2D eigenvalue weighted by Gasteiger charge is -2.45. The fourth-order valence-electron chi connectivity index (χ4n) is 4.60. The number of nitrogens with zero attached hydrogens (tertiary/aromatic N) is 1. The van der Waals surface area contributed by atoms with Crippen molar-refractivity contribution in [3.63, 3.8) is 0 Å². The predicted octanol–water partition coefficient (Wildman–Crippen LogP) is 3.70. The number of hydrogen-bond acceptors (Lipinski definition) is 1. The quantitative estimate of drug-likeness (QED) is 0.844. The maximum absolute atomic E-state index is 3.59. The van der Waals surface area contributed by atoms with Gasteiger partial charge in [-0.1, -0.05) is 30.3 Å². The van der Waals surface area contributed by atoms with E-state index in [0.717, 1.165) is 5.92 Å². The number of nitrogens with one attached hydrogen (secondary N) is 1. The van der Waals surface area contributed by atoms with Gasteiger partial charge in [0.15, 0.2) is 0 Å². The van der Waals surface area contributed by atoms with E-state index in [0.29, 0.717) is 11.8 Å². The Balaban J connectivity index is 1.73. The second-order valence-electron chi connectivity index (χ2n) is 6.91. The van der Waals surface area contributed by atoms with Crippen LogP contribution in [0.4, 0.5) is 0 Å². The van der Waals surface area contributed by atoms with Gasteiger partial charge in [-0.25, -0.2) is 0 Å². The Morgan fingerprint density at radius 3 is 2.67 bits per heavy atom. The molecule has 0 spiro atoms. The van der Waals surface area contributed by atoms with Gasteiger partial charge >= 0.3 is 0 Å². The minimum atomic E-state index is 0.673. The molecule has 1 aromatic heterocycles. The van der Waals surface area contributed by atoms with E-state index in [2.05, 4.69) is 60.4 Å². The Morgan fingerprint density at radius 1 is 1.10 bits per heavy atom. The molecule has 3 atom stereocenters. The molecule has 1 saturated heterocycles. The van der Waals surface area contributed by atoms with Gasteiger partial charge in [-0.2, -0.15) is 0 Å². The average Bonchev–Trinajstić information content (AvgIpc) is 2.89. The topological polar surface area (TPSA) is 19.0 Å². The van der Waals surface area contributed by atoms with Gasteiger partial charge in [-0.05, 0) is 49.4 Å². The normalized spacial score (nSPS) is 29.0. The van der Waals surface area contributed by atoms with Gasteiger partial charge in [-0.15, -0.1) is 0 Å². The third-order valence-corrected chi connectivity index (χ3v) is 5.62. The van der Waals surface area contributed by atoms with Crippen molar-refractivity contribution < 1.29 is 0 Å². The lowest BCUT2D eigenvalue weighted by molar-refractivity contribution is 0.144. The molecule has 0 radical (unpaired) electrons. The standard InChI is InChI=1S/C19H24N2/c1-13-10-20-19-15(13)8-9-16-17(11-21(2)12-18(16)19)14-6-4-3-5-7-14/h3-7,10,16-18,20H,8-9,11-12H2,1-2H3. The highest BCUT2D eigenvalue weighted by molar-refractivity contribution is 5.37. The second-order valence-corrected chi connectivity index (χ2v) is 6.91. The number of likely N-dealkylation sites (N-methyl/N-ethyl adjacent to an activating group) is 1. The summed E-state index contributed by atoms with van der Waals surface area (Å²) >= 11 is 0. The number of aryl methyl sites for hydroxylation is 1. The monoisotopic (exact) mass is 280 g/mol. The maximum atomic E-state index is 3.59. The number of fused-ring (bicyclic) bond motifs is 3. The van der Waals surface area contributed by atoms with Crippen molar-refractivity contribution in [3.8, 4) is 0 Å². The minimum Gasteiger partial charge on any atom is -0.364 e. The van der Waals surface area contributed by atoms with Gasteiger partial charge in [0.1, 0.15) is 0 Å². The van der Waals surface area contributed by atoms with Crippen molar-refractivity contribution in [1.82, 2.24) is 9.88 Å². The molecule has 0 saturated carbocycles. The van der Waals surface area contributed by atoms with Crippen LogP contribution in [0, 0.1) is 12.8 Å². The van der Waals surface area contributed by atoms with Crippen molar-refractivity contribution in [2.24, 2.45) is 5.92 Å². The number of aromatic amines is 1. The molecule has 1 aromatic carbocycles. The van der Waals surface area contributed by atoms with Crippen molar-refractivity contribution >= 4 is 0 Å². The molecular weight excluding hydrogens is 256 g/mol. The van der Waals surface area contributed by atoms with E-state index in [-0.39, 0.29) is 0 Å². The first-order valence-electron chi connectivity index (χ1n) is 8.14. The highest BCUT2D eigenvalue weighted by Gasteiger charge is 2.41. The van der Waals surface area contributed by atoms with Gasteiger partial charge in [0, 0.05) is 36.8 Å². The number of benzene rings is 1. The Labute approximate surface area is 127 Å². The van der Waals surface area contributed by atoms with Crippen LogP contribution in [0.2, 0.25) is 0 Å².